The lowest BCUT2D eigenvalue weighted by Gasteiger charge is -2.05. The average Bonchev–Trinajstić information content (AvgIpc) is 1.98. The van der Waals surface area contributed by atoms with Gasteiger partial charge in [0.25, 0.3) is 0 Å². The highest BCUT2D eigenvalue weighted by atomic mass is 19.1. The van der Waals surface area contributed by atoms with E-state index in [1.54, 1.807) is 0 Å². The van der Waals surface area contributed by atoms with Crippen LogP contribution in [0.5, 0.6) is 0 Å². The quantitative estimate of drug-likeness (QED) is 0.582. The van der Waals surface area contributed by atoms with Crippen molar-refractivity contribution in [3.8, 4) is 0 Å². The first kappa shape index (κ1) is 9.60. The first-order valence-electron chi connectivity index (χ1n) is 3.81. The fourth-order valence-electron chi connectivity index (χ4n) is 0.893. The Bertz CT molecular complexity index is 101. The van der Waals surface area contributed by atoms with Gasteiger partial charge in [-0.2, -0.15) is 0 Å². The van der Waals surface area contributed by atoms with E-state index in [-0.39, 0.29) is 18.4 Å². The van der Waals surface area contributed by atoms with Crippen LogP contribution in [0, 0.1) is 5.92 Å². The van der Waals surface area contributed by atoms with Gasteiger partial charge in [0.2, 0.25) is 0 Å². The molecule has 2 heteroatoms. The second kappa shape index (κ2) is 5.39. The topological polar surface area (TPSA) is 17.1 Å². The lowest BCUT2D eigenvalue weighted by molar-refractivity contribution is -0.122. The summed E-state index contributed by atoms with van der Waals surface area (Å²) in [4.78, 5) is 10.9. The Labute approximate surface area is 61.6 Å². The van der Waals surface area contributed by atoms with Crippen LogP contribution in [0.1, 0.15) is 33.1 Å². The van der Waals surface area contributed by atoms with Gasteiger partial charge in [-0.25, -0.2) is 0 Å². The molecule has 0 aromatic carbocycles. The number of carbonyl (C=O) groups excluding carboxylic acids is 1. The van der Waals surface area contributed by atoms with Crippen LogP contribution in [0.15, 0.2) is 0 Å². The first-order chi connectivity index (χ1) is 4.72. The third-order valence-corrected chi connectivity index (χ3v) is 1.67. The molecular formula is C8H15FO. The van der Waals surface area contributed by atoms with Gasteiger partial charge in [0.05, 0.1) is 6.67 Å². The average molecular weight is 146 g/mol. The van der Waals surface area contributed by atoms with Crippen molar-refractivity contribution in [1.82, 2.24) is 0 Å². The molecule has 1 unspecified atom stereocenters. The van der Waals surface area contributed by atoms with Crippen molar-refractivity contribution < 1.29 is 9.18 Å². The van der Waals surface area contributed by atoms with E-state index in [4.69, 9.17) is 0 Å². The molecule has 0 amide bonds. The van der Waals surface area contributed by atoms with Crippen LogP contribution in [0.3, 0.4) is 0 Å². The van der Waals surface area contributed by atoms with Crippen molar-refractivity contribution in [3.05, 3.63) is 0 Å². The monoisotopic (exact) mass is 146 g/mol. The van der Waals surface area contributed by atoms with Gasteiger partial charge >= 0.3 is 0 Å². The van der Waals surface area contributed by atoms with Gasteiger partial charge in [-0.1, -0.05) is 13.8 Å². The third kappa shape index (κ3) is 3.59. The van der Waals surface area contributed by atoms with E-state index in [0.717, 1.165) is 0 Å². The van der Waals surface area contributed by atoms with Gasteiger partial charge in [-0.05, 0) is 12.8 Å². The molecule has 60 valence electrons. The summed E-state index contributed by atoms with van der Waals surface area (Å²) < 4.78 is 11.6. The van der Waals surface area contributed by atoms with Crippen molar-refractivity contribution in [1.29, 1.82) is 0 Å². The van der Waals surface area contributed by atoms with Crippen molar-refractivity contribution in [2.75, 3.05) is 6.67 Å². The molecule has 0 aliphatic carbocycles. The molecule has 0 spiro atoms. The molecular weight excluding hydrogens is 131 g/mol. The van der Waals surface area contributed by atoms with Crippen LogP contribution in [0.4, 0.5) is 4.39 Å². The normalized spacial score (nSPS) is 13.1. The van der Waals surface area contributed by atoms with E-state index in [1.807, 2.05) is 13.8 Å². The Morgan fingerprint density at radius 1 is 1.60 bits per heavy atom. The summed E-state index contributed by atoms with van der Waals surface area (Å²) in [6.45, 7) is 3.40. The van der Waals surface area contributed by atoms with Gasteiger partial charge < -0.3 is 0 Å². The summed E-state index contributed by atoms with van der Waals surface area (Å²) in [5.74, 6) is 0.300. The number of ketones is 1. The van der Waals surface area contributed by atoms with Crippen LogP contribution < -0.4 is 0 Å². The van der Waals surface area contributed by atoms with E-state index in [0.29, 0.717) is 19.3 Å². The molecule has 0 saturated heterocycles. The maximum atomic E-state index is 11.6. The van der Waals surface area contributed by atoms with Gasteiger partial charge in [0, 0.05) is 12.3 Å². The van der Waals surface area contributed by atoms with Gasteiger partial charge in [0.1, 0.15) is 5.78 Å². The molecule has 0 bridgehead atoms. The van der Waals surface area contributed by atoms with Gasteiger partial charge in [0.15, 0.2) is 0 Å². The summed E-state index contributed by atoms with van der Waals surface area (Å²) in [5.41, 5.74) is 0. The summed E-state index contributed by atoms with van der Waals surface area (Å²) in [6.07, 6.45) is 1.80. The third-order valence-electron chi connectivity index (χ3n) is 1.67. The Balaban J connectivity index is 3.41. The molecule has 0 aliphatic heterocycles. The van der Waals surface area contributed by atoms with E-state index < -0.39 is 0 Å². The number of rotatable bonds is 5. The Hall–Kier alpha value is -0.400. The zero-order valence-corrected chi connectivity index (χ0v) is 6.69. The van der Waals surface area contributed by atoms with Crippen LogP contribution >= 0.6 is 0 Å². The minimum Gasteiger partial charge on any atom is -0.299 e. The molecule has 0 rings (SSSR count). The standard InChI is InChI=1S/C8H15FO/c1-3-8(10)7(2)5-4-6-9/h7H,3-6H2,1-2H3. The lowest BCUT2D eigenvalue weighted by atomic mass is 9.99. The van der Waals surface area contributed by atoms with Crippen molar-refractivity contribution in [2.45, 2.75) is 33.1 Å². The fraction of sp³-hybridized carbons (Fsp3) is 0.875. The molecule has 0 saturated carbocycles. The SMILES string of the molecule is CCC(=O)C(C)CCCF. The second-order valence-electron chi connectivity index (χ2n) is 2.55. The molecule has 0 radical (unpaired) electrons. The molecule has 0 heterocycles. The largest absolute Gasteiger partial charge is 0.299 e. The number of hydrogen-bond acceptors (Lipinski definition) is 1. The smallest absolute Gasteiger partial charge is 0.135 e. The highest BCUT2D eigenvalue weighted by Crippen LogP contribution is 2.08. The number of hydrogen-bond donors (Lipinski definition) is 0. The molecule has 0 aliphatic rings. The lowest BCUT2D eigenvalue weighted by Crippen LogP contribution is -2.09. The number of Topliss-reactive ketones (excluding diaryl/α,β-unsaturated/α-hetero) is 1. The summed E-state index contributed by atoms with van der Waals surface area (Å²) in [5, 5.41) is 0. The second-order valence-corrected chi connectivity index (χ2v) is 2.55. The van der Waals surface area contributed by atoms with E-state index >= 15 is 0 Å². The number of halogens is 1. The molecule has 0 aromatic heterocycles. The van der Waals surface area contributed by atoms with E-state index in [1.165, 1.54) is 0 Å². The molecule has 1 atom stereocenters. The van der Waals surface area contributed by atoms with Gasteiger partial charge in [-0.15, -0.1) is 0 Å². The van der Waals surface area contributed by atoms with Crippen molar-refractivity contribution in [3.63, 3.8) is 0 Å². The van der Waals surface area contributed by atoms with E-state index in [9.17, 15) is 9.18 Å². The Kier molecular flexibility index (Phi) is 5.17. The highest BCUT2D eigenvalue weighted by molar-refractivity contribution is 5.80. The molecule has 1 nitrogen and oxygen atoms in total. The minimum atomic E-state index is -0.304. The van der Waals surface area contributed by atoms with Crippen LogP contribution in [0.2, 0.25) is 0 Å². The van der Waals surface area contributed by atoms with Crippen LogP contribution in [0.25, 0.3) is 0 Å². The number of carbonyl (C=O) groups is 1. The molecule has 0 fully saturated rings. The molecule has 0 N–H and O–H groups in total. The van der Waals surface area contributed by atoms with Gasteiger partial charge in [-0.3, -0.25) is 9.18 Å². The number of alkyl halides is 1. The van der Waals surface area contributed by atoms with Crippen molar-refractivity contribution >= 4 is 5.78 Å². The minimum absolute atomic E-state index is 0.0562. The fourth-order valence-corrected chi connectivity index (χ4v) is 0.893. The predicted molar refractivity (Wildman–Crippen MR) is 39.7 cm³/mol. The molecule has 10 heavy (non-hydrogen) atoms. The first-order valence-corrected chi connectivity index (χ1v) is 3.81. The maximum absolute atomic E-state index is 11.6. The maximum Gasteiger partial charge on any atom is 0.135 e. The van der Waals surface area contributed by atoms with Crippen LogP contribution in [-0.2, 0) is 4.79 Å². The predicted octanol–water partition coefficient (Wildman–Crippen LogP) is 2.35. The summed E-state index contributed by atoms with van der Waals surface area (Å²) in [6, 6.07) is 0. The van der Waals surface area contributed by atoms with Crippen LogP contribution in [-0.4, -0.2) is 12.5 Å². The summed E-state index contributed by atoms with van der Waals surface area (Å²) in [7, 11) is 0. The zero-order chi connectivity index (χ0) is 7.98. The summed E-state index contributed by atoms with van der Waals surface area (Å²) >= 11 is 0. The Morgan fingerprint density at radius 2 is 2.20 bits per heavy atom. The zero-order valence-electron chi connectivity index (χ0n) is 6.69. The van der Waals surface area contributed by atoms with Crippen molar-refractivity contribution in [2.24, 2.45) is 5.92 Å². The highest BCUT2D eigenvalue weighted by Gasteiger charge is 2.08. The molecule has 0 aromatic rings. The van der Waals surface area contributed by atoms with E-state index in [2.05, 4.69) is 0 Å². The Morgan fingerprint density at radius 3 is 2.60 bits per heavy atom.